The molecule has 3 atom stereocenters. The van der Waals surface area contributed by atoms with E-state index in [1.807, 2.05) is 36.1 Å². The van der Waals surface area contributed by atoms with Crippen molar-refractivity contribution < 1.29 is 24.2 Å². The van der Waals surface area contributed by atoms with Gasteiger partial charge in [-0.1, -0.05) is 25.5 Å². The maximum absolute atomic E-state index is 13.8. The number of carbonyl (C=O) groups is 3. The van der Waals surface area contributed by atoms with Crippen LogP contribution in [0.3, 0.4) is 0 Å². The molecule has 1 saturated heterocycles. The molecule has 1 aromatic heterocycles. The Kier molecular flexibility index (Phi) is 9.56. The summed E-state index contributed by atoms with van der Waals surface area (Å²) >= 11 is 0. The van der Waals surface area contributed by atoms with Gasteiger partial charge in [-0.25, -0.2) is 0 Å². The number of benzene rings is 1. The van der Waals surface area contributed by atoms with Crippen LogP contribution in [-0.2, 0) is 20.8 Å². The molecule has 39 heavy (non-hydrogen) atoms. The first kappa shape index (κ1) is 28.5. The Morgan fingerprint density at radius 1 is 1.18 bits per heavy atom. The lowest BCUT2D eigenvalue weighted by molar-refractivity contribution is -0.143. The van der Waals surface area contributed by atoms with Crippen LogP contribution < -0.4 is 9.64 Å². The number of anilines is 1. The molecule has 9 heteroatoms. The van der Waals surface area contributed by atoms with E-state index in [2.05, 4.69) is 18.0 Å². The van der Waals surface area contributed by atoms with Gasteiger partial charge in [0.25, 0.3) is 0 Å². The molecule has 2 amide bonds. The predicted octanol–water partition coefficient (Wildman–Crippen LogP) is 3.58. The average Bonchev–Trinajstić information content (AvgIpc) is 3.54. The number of aliphatic carboxylic acids is 1. The van der Waals surface area contributed by atoms with Gasteiger partial charge in [-0.15, -0.1) is 0 Å². The van der Waals surface area contributed by atoms with Gasteiger partial charge in [-0.3, -0.25) is 24.3 Å². The summed E-state index contributed by atoms with van der Waals surface area (Å²) < 4.78 is 5.67. The number of fused-ring (bicyclic) bond motifs is 1. The number of likely N-dealkylation sites (tertiary alicyclic amines) is 1. The second-order valence-corrected chi connectivity index (χ2v) is 10.4. The highest BCUT2D eigenvalue weighted by atomic mass is 16.5. The lowest BCUT2D eigenvalue weighted by atomic mass is 9.83. The Bertz CT molecular complexity index is 1160. The highest BCUT2D eigenvalue weighted by molar-refractivity contribution is 5.94. The van der Waals surface area contributed by atoms with Crippen molar-refractivity contribution in [3.05, 3.63) is 53.9 Å². The molecule has 9 nitrogen and oxygen atoms in total. The topological polar surface area (TPSA) is 103 Å². The number of ether oxygens (including phenoxy) is 1. The van der Waals surface area contributed by atoms with Crippen molar-refractivity contribution in [2.75, 3.05) is 44.2 Å². The first-order chi connectivity index (χ1) is 18.8. The number of hydrogen-bond donors (Lipinski definition) is 1. The van der Waals surface area contributed by atoms with Crippen LogP contribution in [0.5, 0.6) is 5.75 Å². The van der Waals surface area contributed by atoms with E-state index < -0.39 is 17.9 Å². The second kappa shape index (κ2) is 13.1. The van der Waals surface area contributed by atoms with Gasteiger partial charge in [-0.05, 0) is 49.1 Å². The van der Waals surface area contributed by atoms with Gasteiger partial charge in [0, 0.05) is 57.7 Å². The van der Waals surface area contributed by atoms with Gasteiger partial charge in [0.15, 0.2) is 0 Å². The summed E-state index contributed by atoms with van der Waals surface area (Å²) in [4.78, 5) is 48.3. The summed E-state index contributed by atoms with van der Waals surface area (Å²) in [7, 11) is 0. The number of pyridine rings is 1. The molecule has 210 valence electrons. The molecule has 0 radical (unpaired) electrons. The first-order valence-corrected chi connectivity index (χ1v) is 14.0. The third-order valence-electron chi connectivity index (χ3n) is 8.03. The summed E-state index contributed by atoms with van der Waals surface area (Å²) in [5.41, 5.74) is 2.80. The molecule has 0 aliphatic carbocycles. The monoisotopic (exact) mass is 536 g/mol. The lowest BCUT2D eigenvalue weighted by Crippen LogP contribution is -2.46. The number of aromatic nitrogens is 1. The Morgan fingerprint density at radius 3 is 2.67 bits per heavy atom. The highest BCUT2D eigenvalue weighted by Gasteiger charge is 2.47. The van der Waals surface area contributed by atoms with Crippen molar-refractivity contribution in [2.45, 2.75) is 58.4 Å². The number of carboxylic acid groups (broad SMARTS) is 1. The molecular weight excluding hydrogens is 496 g/mol. The quantitative estimate of drug-likeness (QED) is 0.442. The highest BCUT2D eigenvalue weighted by Crippen LogP contribution is 2.41. The molecule has 2 aromatic rings. The number of carbonyl (C=O) groups excluding carboxylic acids is 2. The summed E-state index contributed by atoms with van der Waals surface area (Å²) in [6.45, 7) is 8.29. The SMILES string of the molecule is CCCCN(C(=O)CN1C[C@H](c2ccc3c(c2)CCO3)C(C(=O)O)[C@@H]1CCN(CC)C(C)=O)c1cccnc1. The molecule has 0 spiro atoms. The van der Waals surface area contributed by atoms with Gasteiger partial charge in [0.1, 0.15) is 5.75 Å². The molecule has 3 heterocycles. The molecule has 2 aliphatic heterocycles. The molecule has 0 saturated carbocycles. The molecular formula is C30H40N4O5. The summed E-state index contributed by atoms with van der Waals surface area (Å²) in [5.74, 6) is -1.12. The van der Waals surface area contributed by atoms with E-state index in [1.165, 1.54) is 6.92 Å². The molecule has 4 rings (SSSR count). The zero-order chi connectivity index (χ0) is 27.9. The van der Waals surface area contributed by atoms with Gasteiger partial charge in [0.05, 0.1) is 31.0 Å². The zero-order valence-electron chi connectivity index (χ0n) is 23.2. The van der Waals surface area contributed by atoms with Gasteiger partial charge >= 0.3 is 5.97 Å². The Morgan fingerprint density at radius 2 is 2.00 bits per heavy atom. The van der Waals surface area contributed by atoms with Crippen LogP contribution in [0, 0.1) is 5.92 Å². The summed E-state index contributed by atoms with van der Waals surface area (Å²) in [6.07, 6.45) is 6.45. The molecule has 2 aliphatic rings. The summed E-state index contributed by atoms with van der Waals surface area (Å²) in [6, 6.07) is 9.27. The number of amides is 2. The van der Waals surface area contributed by atoms with Crippen molar-refractivity contribution in [3.8, 4) is 5.75 Å². The minimum Gasteiger partial charge on any atom is -0.493 e. The normalized spacial score (nSPS) is 20.3. The van der Waals surface area contributed by atoms with Crippen LogP contribution >= 0.6 is 0 Å². The third kappa shape index (κ3) is 6.58. The Hall–Kier alpha value is -3.46. The average molecular weight is 537 g/mol. The molecule has 1 N–H and O–H groups in total. The smallest absolute Gasteiger partial charge is 0.308 e. The van der Waals surface area contributed by atoms with Crippen LogP contribution in [0.25, 0.3) is 0 Å². The fourth-order valence-electron chi connectivity index (χ4n) is 5.94. The van der Waals surface area contributed by atoms with E-state index in [4.69, 9.17) is 4.74 Å². The van der Waals surface area contributed by atoms with E-state index in [0.29, 0.717) is 39.2 Å². The number of unbranched alkanes of at least 4 members (excludes halogenated alkanes) is 1. The van der Waals surface area contributed by atoms with Crippen molar-refractivity contribution >= 4 is 23.5 Å². The van der Waals surface area contributed by atoms with Crippen molar-refractivity contribution in [3.63, 3.8) is 0 Å². The largest absolute Gasteiger partial charge is 0.493 e. The van der Waals surface area contributed by atoms with E-state index in [1.54, 1.807) is 22.2 Å². The standard InChI is InChI=1S/C30H40N4O5/c1-4-6-14-34(24-8-7-13-31-18-24)28(36)20-33-19-25(22-9-10-27-23(17-22)12-16-39-27)29(30(37)38)26(33)11-15-32(5-2)21(3)35/h7-10,13,17-18,25-26,29H,4-6,11-12,14-16,19-20H2,1-3H3,(H,37,38)/t25-,26+,29?/m1/s1. The number of hydrogen-bond acceptors (Lipinski definition) is 6. The molecule has 1 fully saturated rings. The first-order valence-electron chi connectivity index (χ1n) is 14.0. The predicted molar refractivity (Wildman–Crippen MR) is 149 cm³/mol. The van der Waals surface area contributed by atoms with Crippen LogP contribution in [-0.4, -0.2) is 83.0 Å². The minimum atomic E-state index is -0.877. The number of rotatable bonds is 12. The molecule has 0 bridgehead atoms. The van der Waals surface area contributed by atoms with Gasteiger partial charge in [0.2, 0.25) is 11.8 Å². The molecule has 1 aromatic carbocycles. The van der Waals surface area contributed by atoms with E-state index in [0.717, 1.165) is 41.8 Å². The van der Waals surface area contributed by atoms with Gasteiger partial charge in [-0.2, -0.15) is 0 Å². The van der Waals surface area contributed by atoms with E-state index in [-0.39, 0.29) is 24.3 Å². The maximum atomic E-state index is 13.8. The van der Waals surface area contributed by atoms with Crippen LogP contribution in [0.4, 0.5) is 5.69 Å². The lowest BCUT2D eigenvalue weighted by Gasteiger charge is -2.31. The fraction of sp³-hybridized carbons (Fsp3) is 0.533. The Labute approximate surface area is 230 Å². The third-order valence-corrected chi connectivity index (χ3v) is 8.03. The number of nitrogens with zero attached hydrogens (tertiary/aromatic N) is 4. The van der Waals surface area contributed by atoms with Crippen molar-refractivity contribution in [1.82, 2.24) is 14.8 Å². The zero-order valence-corrected chi connectivity index (χ0v) is 23.2. The van der Waals surface area contributed by atoms with Gasteiger partial charge < -0.3 is 19.6 Å². The van der Waals surface area contributed by atoms with Crippen molar-refractivity contribution in [1.29, 1.82) is 0 Å². The maximum Gasteiger partial charge on any atom is 0.308 e. The van der Waals surface area contributed by atoms with Crippen molar-refractivity contribution in [2.24, 2.45) is 5.92 Å². The van der Waals surface area contributed by atoms with E-state index in [9.17, 15) is 19.5 Å². The van der Waals surface area contributed by atoms with Crippen LogP contribution in [0.15, 0.2) is 42.7 Å². The second-order valence-electron chi connectivity index (χ2n) is 10.4. The van der Waals surface area contributed by atoms with E-state index >= 15 is 0 Å². The molecule has 1 unspecified atom stereocenters. The fourth-order valence-corrected chi connectivity index (χ4v) is 5.94. The number of carboxylic acids is 1. The van der Waals surface area contributed by atoms with Crippen LogP contribution in [0.2, 0.25) is 0 Å². The van der Waals surface area contributed by atoms with Crippen LogP contribution in [0.1, 0.15) is 57.1 Å². The Balaban J connectivity index is 1.63. The summed E-state index contributed by atoms with van der Waals surface area (Å²) in [5, 5.41) is 10.5. The minimum absolute atomic E-state index is 0.0394.